The number of rotatable bonds is 4. The lowest BCUT2D eigenvalue weighted by Gasteiger charge is -2.27. The zero-order valence-electron chi connectivity index (χ0n) is 12.1. The van der Waals surface area contributed by atoms with Crippen LogP contribution in [0.4, 0.5) is 0 Å². The molecule has 1 N–H and O–H groups in total. The van der Waals surface area contributed by atoms with Gasteiger partial charge in [0.2, 0.25) is 0 Å². The molecule has 2 heteroatoms. The van der Waals surface area contributed by atoms with Crippen molar-refractivity contribution in [1.82, 2.24) is 10.2 Å². The third kappa shape index (κ3) is 3.37. The van der Waals surface area contributed by atoms with Crippen molar-refractivity contribution >= 4 is 0 Å². The maximum Gasteiger partial charge on any atom is 0.0230 e. The molecule has 1 aromatic carbocycles. The Bertz CT molecular complexity index is 421. The van der Waals surface area contributed by atoms with Gasteiger partial charge < -0.3 is 10.2 Å². The largest absolute Gasteiger partial charge is 0.309 e. The molecule has 1 aliphatic carbocycles. The zero-order chi connectivity index (χ0) is 13.1. The van der Waals surface area contributed by atoms with E-state index in [-0.39, 0.29) is 0 Å². The van der Waals surface area contributed by atoms with E-state index in [1.807, 2.05) is 0 Å². The van der Waals surface area contributed by atoms with Gasteiger partial charge >= 0.3 is 0 Å². The number of hydrogen-bond donors (Lipinski definition) is 1. The van der Waals surface area contributed by atoms with E-state index < -0.39 is 0 Å². The third-order valence-corrected chi connectivity index (χ3v) is 4.65. The lowest BCUT2D eigenvalue weighted by Crippen LogP contribution is -2.26. The maximum atomic E-state index is 3.42. The van der Waals surface area contributed by atoms with Gasteiger partial charge in [0, 0.05) is 26.2 Å². The maximum absolute atomic E-state index is 3.42. The van der Waals surface area contributed by atoms with E-state index in [9.17, 15) is 0 Å². The molecule has 0 aromatic heterocycles. The Labute approximate surface area is 117 Å². The van der Waals surface area contributed by atoms with Crippen molar-refractivity contribution in [2.45, 2.75) is 51.7 Å². The average Bonchev–Trinajstić information content (AvgIpc) is 2.87. The van der Waals surface area contributed by atoms with Crippen LogP contribution in [-0.4, -0.2) is 18.5 Å². The zero-order valence-corrected chi connectivity index (χ0v) is 12.1. The monoisotopic (exact) mass is 258 g/mol. The minimum Gasteiger partial charge on any atom is -0.309 e. The molecule has 104 valence electrons. The molecule has 0 amide bonds. The van der Waals surface area contributed by atoms with Crippen LogP contribution < -0.4 is 5.32 Å². The Morgan fingerprint density at radius 1 is 1.11 bits per heavy atom. The molecule has 2 aliphatic rings. The van der Waals surface area contributed by atoms with Crippen LogP contribution in [0.15, 0.2) is 18.2 Å². The fourth-order valence-electron chi connectivity index (χ4n) is 3.63. The van der Waals surface area contributed by atoms with Crippen molar-refractivity contribution in [2.24, 2.45) is 5.92 Å². The van der Waals surface area contributed by atoms with Crippen LogP contribution in [0.5, 0.6) is 0 Å². The van der Waals surface area contributed by atoms with Crippen molar-refractivity contribution in [2.75, 3.05) is 13.6 Å². The lowest BCUT2D eigenvalue weighted by molar-refractivity contribution is 0.228. The second-order valence-corrected chi connectivity index (χ2v) is 6.41. The minimum atomic E-state index is 0.940. The summed E-state index contributed by atoms with van der Waals surface area (Å²) in [5.74, 6) is 0.940. The fourth-order valence-corrected chi connectivity index (χ4v) is 3.63. The van der Waals surface area contributed by atoms with Crippen LogP contribution in [0, 0.1) is 5.92 Å². The summed E-state index contributed by atoms with van der Waals surface area (Å²) in [7, 11) is 2.28. The molecule has 1 aromatic rings. The van der Waals surface area contributed by atoms with E-state index in [0.717, 1.165) is 25.6 Å². The summed E-state index contributed by atoms with van der Waals surface area (Å²) in [4.78, 5) is 2.51. The first-order valence-electron chi connectivity index (χ1n) is 7.81. The highest BCUT2D eigenvalue weighted by atomic mass is 15.1. The van der Waals surface area contributed by atoms with E-state index >= 15 is 0 Å². The van der Waals surface area contributed by atoms with Gasteiger partial charge in [0.1, 0.15) is 0 Å². The summed E-state index contributed by atoms with van der Waals surface area (Å²) in [6.45, 7) is 4.47. The second kappa shape index (κ2) is 6.06. The normalized spacial score (nSPS) is 19.9. The first-order chi connectivity index (χ1) is 9.31. The van der Waals surface area contributed by atoms with Gasteiger partial charge in [-0.05, 0) is 42.5 Å². The van der Waals surface area contributed by atoms with Gasteiger partial charge in [-0.3, -0.25) is 0 Å². The van der Waals surface area contributed by atoms with Crippen molar-refractivity contribution in [3.63, 3.8) is 0 Å². The summed E-state index contributed by atoms with van der Waals surface area (Å²) < 4.78 is 0. The number of nitrogens with one attached hydrogen (secondary N) is 1. The summed E-state index contributed by atoms with van der Waals surface area (Å²) in [5, 5.41) is 3.42. The topological polar surface area (TPSA) is 15.3 Å². The molecule has 0 saturated heterocycles. The van der Waals surface area contributed by atoms with E-state index in [1.165, 1.54) is 55.3 Å². The minimum absolute atomic E-state index is 0.940. The first-order valence-corrected chi connectivity index (χ1v) is 7.81. The predicted molar refractivity (Wildman–Crippen MR) is 79.9 cm³/mol. The highest BCUT2D eigenvalue weighted by Crippen LogP contribution is 2.25. The van der Waals surface area contributed by atoms with Gasteiger partial charge in [0.05, 0.1) is 0 Å². The average molecular weight is 258 g/mol. The Kier molecular flexibility index (Phi) is 4.19. The van der Waals surface area contributed by atoms with Crippen molar-refractivity contribution in [1.29, 1.82) is 0 Å². The van der Waals surface area contributed by atoms with Gasteiger partial charge in [-0.15, -0.1) is 0 Å². The molecule has 2 nitrogen and oxygen atoms in total. The molecule has 1 heterocycles. The first kappa shape index (κ1) is 13.1. The lowest BCUT2D eigenvalue weighted by atomic mass is 9.89. The van der Waals surface area contributed by atoms with E-state index in [4.69, 9.17) is 0 Å². The van der Waals surface area contributed by atoms with Crippen LogP contribution >= 0.6 is 0 Å². The Balaban J connectivity index is 1.55. The predicted octanol–water partition coefficient (Wildman–Crippen LogP) is 3.30. The van der Waals surface area contributed by atoms with Crippen LogP contribution in [0.3, 0.4) is 0 Å². The molecule has 0 atom stereocenters. The van der Waals surface area contributed by atoms with Crippen LogP contribution in [0.25, 0.3) is 0 Å². The Morgan fingerprint density at radius 3 is 2.74 bits per heavy atom. The molecule has 0 spiro atoms. The van der Waals surface area contributed by atoms with Gasteiger partial charge in [-0.2, -0.15) is 0 Å². The SMILES string of the molecule is CN(Cc1ccc2c(c1)CNC2)CC1CCCCC1. The molecule has 0 radical (unpaired) electrons. The van der Waals surface area contributed by atoms with E-state index in [2.05, 4.69) is 35.5 Å². The number of nitrogens with zero attached hydrogens (tertiary/aromatic N) is 1. The van der Waals surface area contributed by atoms with Gasteiger partial charge in [-0.25, -0.2) is 0 Å². The number of benzene rings is 1. The molecule has 1 aliphatic heterocycles. The smallest absolute Gasteiger partial charge is 0.0230 e. The molecule has 0 bridgehead atoms. The molecule has 19 heavy (non-hydrogen) atoms. The molecule has 3 rings (SSSR count). The van der Waals surface area contributed by atoms with Gasteiger partial charge in [-0.1, -0.05) is 37.5 Å². The third-order valence-electron chi connectivity index (χ3n) is 4.65. The van der Waals surface area contributed by atoms with E-state index in [1.54, 1.807) is 0 Å². The molecular formula is C17H26N2. The number of fused-ring (bicyclic) bond motifs is 1. The van der Waals surface area contributed by atoms with Gasteiger partial charge in [0.25, 0.3) is 0 Å². The standard InChI is InChI=1S/C17H26N2/c1-19(12-14-5-3-2-4-6-14)13-15-7-8-16-10-18-11-17(16)9-15/h7-9,14,18H,2-6,10-13H2,1H3. The van der Waals surface area contributed by atoms with E-state index in [0.29, 0.717) is 0 Å². The van der Waals surface area contributed by atoms with Crippen LogP contribution in [0.1, 0.15) is 48.8 Å². The van der Waals surface area contributed by atoms with Crippen molar-refractivity contribution in [3.8, 4) is 0 Å². The summed E-state index contributed by atoms with van der Waals surface area (Å²) >= 11 is 0. The highest BCUT2D eigenvalue weighted by Gasteiger charge is 2.16. The van der Waals surface area contributed by atoms with Crippen molar-refractivity contribution < 1.29 is 0 Å². The molecular weight excluding hydrogens is 232 g/mol. The highest BCUT2D eigenvalue weighted by molar-refractivity contribution is 5.34. The quantitative estimate of drug-likeness (QED) is 0.891. The second-order valence-electron chi connectivity index (χ2n) is 6.41. The van der Waals surface area contributed by atoms with Crippen molar-refractivity contribution in [3.05, 3.63) is 34.9 Å². The van der Waals surface area contributed by atoms with Crippen LogP contribution in [0.2, 0.25) is 0 Å². The Morgan fingerprint density at radius 2 is 1.89 bits per heavy atom. The fraction of sp³-hybridized carbons (Fsp3) is 0.647. The Hall–Kier alpha value is -0.860. The van der Waals surface area contributed by atoms with Gasteiger partial charge in [0.15, 0.2) is 0 Å². The van der Waals surface area contributed by atoms with Crippen LogP contribution in [-0.2, 0) is 19.6 Å². The summed E-state index contributed by atoms with van der Waals surface area (Å²) in [6.07, 6.45) is 7.24. The molecule has 1 saturated carbocycles. The number of hydrogen-bond acceptors (Lipinski definition) is 2. The summed E-state index contributed by atoms with van der Waals surface area (Å²) in [6, 6.07) is 7.01. The summed E-state index contributed by atoms with van der Waals surface area (Å²) in [5.41, 5.74) is 4.46. The molecule has 0 unspecified atom stereocenters. The molecule has 1 fully saturated rings.